The Morgan fingerprint density at radius 3 is 3.05 bits per heavy atom. The van der Waals surface area contributed by atoms with Gasteiger partial charge in [0.15, 0.2) is 0 Å². The molecule has 1 saturated heterocycles. The third-order valence-corrected chi connectivity index (χ3v) is 3.87. The first kappa shape index (κ1) is 14.8. The van der Waals surface area contributed by atoms with E-state index in [1.807, 2.05) is 23.2 Å². The Balaban J connectivity index is 1.58. The number of aromatic nitrogens is 3. The van der Waals surface area contributed by atoms with Gasteiger partial charge in [0.2, 0.25) is 5.27 Å². The van der Waals surface area contributed by atoms with E-state index in [4.69, 9.17) is 9.26 Å². The molecule has 0 saturated carbocycles. The van der Waals surface area contributed by atoms with E-state index >= 15 is 0 Å². The molecule has 1 aliphatic rings. The summed E-state index contributed by atoms with van der Waals surface area (Å²) in [5.41, 5.74) is 0. The standard InChI is InChI=1S/C13H15N5O3S/c19-11(10-22-13-3-1-2-4-14-13)15-12-9-18(16-21-12)17-5-7-20-8-6-17/h1-4,9H,5-8,10H2. The van der Waals surface area contributed by atoms with Crippen LogP contribution in [-0.4, -0.2) is 48.2 Å². The predicted molar refractivity (Wildman–Crippen MR) is 77.5 cm³/mol. The Labute approximate surface area is 131 Å². The second-order valence-electron chi connectivity index (χ2n) is 4.49. The second kappa shape index (κ2) is 7.23. The summed E-state index contributed by atoms with van der Waals surface area (Å²) in [4.78, 5) is 9.58. The molecule has 22 heavy (non-hydrogen) atoms. The molecule has 0 aliphatic carbocycles. The number of ether oxygens (including phenoxy) is 1. The first-order valence-corrected chi connectivity index (χ1v) is 7.80. The van der Waals surface area contributed by atoms with Gasteiger partial charge in [0.25, 0.3) is 6.20 Å². The van der Waals surface area contributed by atoms with Crippen molar-refractivity contribution < 1.29 is 19.2 Å². The van der Waals surface area contributed by atoms with Crippen LogP contribution in [0.1, 0.15) is 0 Å². The summed E-state index contributed by atoms with van der Waals surface area (Å²) < 4.78 is 10.3. The van der Waals surface area contributed by atoms with Crippen LogP contribution < -0.4 is 14.9 Å². The fourth-order valence-electron chi connectivity index (χ4n) is 1.89. The average Bonchev–Trinajstić information content (AvgIpc) is 3.03. The van der Waals surface area contributed by atoms with Crippen molar-refractivity contribution in [1.82, 2.24) is 10.3 Å². The Morgan fingerprint density at radius 2 is 2.27 bits per heavy atom. The quantitative estimate of drug-likeness (QED) is 0.317. The first-order chi connectivity index (χ1) is 10.8. The minimum atomic E-state index is -0.291. The molecule has 0 spiro atoms. The van der Waals surface area contributed by atoms with E-state index in [0.717, 1.165) is 18.1 Å². The van der Waals surface area contributed by atoms with E-state index < -0.39 is 0 Å². The number of pyridine rings is 1. The van der Waals surface area contributed by atoms with Gasteiger partial charge in [-0.1, -0.05) is 6.07 Å². The molecule has 1 fully saturated rings. The highest BCUT2D eigenvalue weighted by Crippen LogP contribution is 2.14. The van der Waals surface area contributed by atoms with Crippen LogP contribution in [0.25, 0.3) is 0 Å². The maximum atomic E-state index is 11.8. The van der Waals surface area contributed by atoms with E-state index in [1.165, 1.54) is 11.8 Å². The lowest BCUT2D eigenvalue weighted by atomic mass is 10.5. The molecule has 0 radical (unpaired) electrons. The number of rotatable bonds is 5. The van der Waals surface area contributed by atoms with Gasteiger partial charge < -0.3 is 9.84 Å². The highest BCUT2D eigenvalue weighted by atomic mass is 32.2. The van der Waals surface area contributed by atoms with Crippen LogP contribution in [0.15, 0.2) is 45.1 Å². The van der Waals surface area contributed by atoms with E-state index in [-0.39, 0.29) is 17.5 Å². The largest absolute Gasteiger partial charge is 0.861 e. The Kier molecular flexibility index (Phi) is 4.86. The summed E-state index contributed by atoms with van der Waals surface area (Å²) in [5.74, 6) is 0.106. The molecule has 1 aliphatic heterocycles. The van der Waals surface area contributed by atoms with Crippen molar-refractivity contribution in [1.29, 1.82) is 0 Å². The van der Waals surface area contributed by atoms with Crippen molar-refractivity contribution in [3.63, 3.8) is 0 Å². The Morgan fingerprint density at radius 1 is 1.41 bits per heavy atom. The molecule has 116 valence electrons. The lowest BCUT2D eigenvalue weighted by Gasteiger charge is -2.18. The maximum absolute atomic E-state index is 11.8. The molecule has 2 aromatic rings. The summed E-state index contributed by atoms with van der Waals surface area (Å²) in [6, 6.07) is 5.55. The van der Waals surface area contributed by atoms with E-state index in [2.05, 4.69) is 15.2 Å². The Bertz CT molecular complexity index is 628. The molecule has 0 unspecified atom stereocenters. The zero-order valence-electron chi connectivity index (χ0n) is 11.8. The molecule has 0 N–H and O–H groups in total. The molecule has 3 rings (SSSR count). The van der Waals surface area contributed by atoms with Crippen LogP contribution in [0.2, 0.25) is 0 Å². The lowest BCUT2D eigenvalue weighted by molar-refractivity contribution is -0.759. The molecule has 0 amide bonds. The summed E-state index contributed by atoms with van der Waals surface area (Å²) in [6.45, 7) is 2.73. The number of morpholine rings is 1. The fraction of sp³-hybridized carbons (Fsp3) is 0.385. The minimum Gasteiger partial charge on any atom is -0.861 e. The highest BCUT2D eigenvalue weighted by molar-refractivity contribution is 7.99. The van der Waals surface area contributed by atoms with E-state index in [0.29, 0.717) is 13.2 Å². The summed E-state index contributed by atoms with van der Waals surface area (Å²) in [7, 11) is 0. The van der Waals surface area contributed by atoms with Crippen LogP contribution in [0.3, 0.4) is 0 Å². The molecule has 2 aromatic heterocycles. The van der Waals surface area contributed by atoms with Gasteiger partial charge in [0.05, 0.1) is 36.1 Å². The van der Waals surface area contributed by atoms with Crippen molar-refractivity contribution >= 4 is 23.5 Å². The molecule has 0 bridgehead atoms. The van der Waals surface area contributed by atoms with Crippen molar-refractivity contribution in [3.05, 3.63) is 30.6 Å². The fourth-order valence-corrected chi connectivity index (χ4v) is 2.54. The van der Waals surface area contributed by atoms with Gasteiger partial charge in [0, 0.05) is 11.9 Å². The van der Waals surface area contributed by atoms with Gasteiger partial charge in [-0.25, -0.2) is 9.98 Å². The average molecular weight is 321 g/mol. The minimum absolute atomic E-state index is 0.193. The molecular weight excluding hydrogens is 306 g/mol. The SMILES string of the molecule is [O-]/C(CSc1ccccn1)=N\c1c[n+](N2CCOCC2)no1. The third kappa shape index (κ3) is 3.95. The van der Waals surface area contributed by atoms with Gasteiger partial charge in [-0.15, -0.1) is 16.8 Å². The van der Waals surface area contributed by atoms with Crippen molar-refractivity contribution in [2.45, 2.75) is 5.03 Å². The van der Waals surface area contributed by atoms with Crippen LogP contribution in [0.5, 0.6) is 0 Å². The highest BCUT2D eigenvalue weighted by Gasteiger charge is 2.22. The van der Waals surface area contributed by atoms with Gasteiger partial charge in [-0.05, 0) is 18.0 Å². The van der Waals surface area contributed by atoms with Crippen molar-refractivity contribution in [2.24, 2.45) is 4.99 Å². The predicted octanol–water partition coefficient (Wildman–Crippen LogP) is -0.492. The molecular formula is C13H15N5O3S. The normalized spacial score (nSPS) is 16.0. The van der Waals surface area contributed by atoms with Crippen molar-refractivity contribution in [3.8, 4) is 0 Å². The molecule has 9 heteroatoms. The summed E-state index contributed by atoms with van der Waals surface area (Å²) in [6.07, 6.45) is 3.28. The number of aliphatic imine (C=N–C) groups is 1. The van der Waals surface area contributed by atoms with E-state index in [1.54, 1.807) is 17.2 Å². The summed E-state index contributed by atoms with van der Waals surface area (Å²) >= 11 is 1.33. The molecule has 0 atom stereocenters. The number of nitrogens with zero attached hydrogens (tertiary/aromatic N) is 5. The van der Waals surface area contributed by atoms with Gasteiger partial charge in [-0.3, -0.25) is 4.52 Å². The zero-order chi connectivity index (χ0) is 15.2. The topological polar surface area (TPSA) is 90.7 Å². The van der Waals surface area contributed by atoms with Crippen molar-refractivity contribution in [2.75, 3.05) is 37.1 Å². The monoisotopic (exact) mass is 321 g/mol. The number of hydrogen-bond donors (Lipinski definition) is 0. The third-order valence-electron chi connectivity index (χ3n) is 2.94. The molecule has 3 heterocycles. The lowest BCUT2D eigenvalue weighted by Crippen LogP contribution is -2.62. The molecule has 0 aromatic carbocycles. The summed E-state index contributed by atoms with van der Waals surface area (Å²) in [5, 5.41) is 18.4. The maximum Gasteiger partial charge on any atom is 0.324 e. The van der Waals surface area contributed by atoms with Crippen LogP contribution >= 0.6 is 11.8 Å². The van der Waals surface area contributed by atoms with Crippen LogP contribution in [0, 0.1) is 0 Å². The number of hydrogen-bond acceptors (Lipinski definition) is 8. The van der Waals surface area contributed by atoms with Gasteiger partial charge >= 0.3 is 5.88 Å². The zero-order valence-corrected chi connectivity index (χ0v) is 12.6. The smallest absolute Gasteiger partial charge is 0.324 e. The van der Waals surface area contributed by atoms with Crippen LogP contribution in [-0.2, 0) is 4.74 Å². The molecule has 8 nitrogen and oxygen atoms in total. The first-order valence-electron chi connectivity index (χ1n) is 6.81. The Hall–Kier alpha value is -2.13. The van der Waals surface area contributed by atoms with Gasteiger partial charge in [0.1, 0.15) is 0 Å². The second-order valence-corrected chi connectivity index (χ2v) is 5.48. The van der Waals surface area contributed by atoms with Crippen LogP contribution in [0.4, 0.5) is 5.88 Å². The van der Waals surface area contributed by atoms with E-state index in [9.17, 15) is 5.11 Å². The number of thioether (sulfide) groups is 1. The van der Waals surface area contributed by atoms with Gasteiger partial charge in [-0.2, -0.15) is 0 Å².